The fourth-order valence-electron chi connectivity index (χ4n) is 4.22. The van der Waals surface area contributed by atoms with Crippen LogP contribution in [0.25, 0.3) is 0 Å². The van der Waals surface area contributed by atoms with Gasteiger partial charge in [-0.15, -0.1) is 0 Å². The molecule has 148 valence electrons. The third-order valence-corrected chi connectivity index (χ3v) is 5.97. The molecule has 2 aliphatic rings. The Kier molecular flexibility index (Phi) is 5.06. The van der Waals surface area contributed by atoms with Crippen LogP contribution in [0, 0.1) is 6.92 Å². The summed E-state index contributed by atoms with van der Waals surface area (Å²) in [4.78, 5) is 37.8. The van der Waals surface area contributed by atoms with Gasteiger partial charge in [0.1, 0.15) is 5.82 Å². The molecule has 3 heterocycles. The van der Waals surface area contributed by atoms with Crippen LogP contribution in [0.5, 0.6) is 0 Å². The molecule has 6 heteroatoms. The van der Waals surface area contributed by atoms with E-state index >= 15 is 0 Å². The zero-order valence-electron chi connectivity index (χ0n) is 16.9. The summed E-state index contributed by atoms with van der Waals surface area (Å²) in [5.41, 5.74) is 3.43. The number of fused-ring (bicyclic) bond motifs is 1. The molecule has 0 bridgehead atoms. The monoisotopic (exact) mass is 380 g/mol. The van der Waals surface area contributed by atoms with Crippen LogP contribution in [0.15, 0.2) is 29.1 Å². The SMILES string of the molecule is Cc1ccc(C(=O)N2CCC[C@@H]2c2nc3c(c(=O)[nH]2)CN(C(C)C)CC3)cc1. The molecule has 1 amide bonds. The van der Waals surface area contributed by atoms with Gasteiger partial charge in [-0.2, -0.15) is 0 Å². The molecule has 0 saturated carbocycles. The summed E-state index contributed by atoms with van der Waals surface area (Å²) in [5, 5.41) is 0. The zero-order valence-corrected chi connectivity index (χ0v) is 16.9. The van der Waals surface area contributed by atoms with Crippen LogP contribution in [0.1, 0.15) is 65.7 Å². The van der Waals surface area contributed by atoms with Gasteiger partial charge in [0, 0.05) is 37.7 Å². The number of amides is 1. The Morgan fingerprint density at radius 1 is 1.21 bits per heavy atom. The predicted octanol–water partition coefficient (Wildman–Crippen LogP) is 2.82. The Bertz CT molecular complexity index is 933. The van der Waals surface area contributed by atoms with Crippen molar-refractivity contribution in [3.63, 3.8) is 0 Å². The second kappa shape index (κ2) is 7.51. The molecule has 6 nitrogen and oxygen atoms in total. The van der Waals surface area contributed by atoms with E-state index in [1.54, 1.807) is 0 Å². The number of hydrogen-bond acceptors (Lipinski definition) is 4. The number of nitrogens with zero attached hydrogens (tertiary/aromatic N) is 3. The lowest BCUT2D eigenvalue weighted by Gasteiger charge is -2.31. The molecule has 2 aromatic rings. The van der Waals surface area contributed by atoms with Gasteiger partial charge in [0.2, 0.25) is 0 Å². The molecule has 28 heavy (non-hydrogen) atoms. The van der Waals surface area contributed by atoms with Crippen LogP contribution >= 0.6 is 0 Å². The molecule has 1 aromatic heterocycles. The van der Waals surface area contributed by atoms with Crippen LogP contribution in [0.4, 0.5) is 0 Å². The van der Waals surface area contributed by atoms with Crippen molar-refractivity contribution in [2.45, 2.75) is 58.7 Å². The average Bonchev–Trinajstić information content (AvgIpc) is 3.17. The lowest BCUT2D eigenvalue weighted by Crippen LogP contribution is -2.40. The Morgan fingerprint density at radius 3 is 2.68 bits per heavy atom. The molecule has 1 saturated heterocycles. The Morgan fingerprint density at radius 2 is 1.96 bits per heavy atom. The number of rotatable bonds is 3. The molecule has 0 unspecified atom stereocenters. The summed E-state index contributed by atoms with van der Waals surface area (Å²) >= 11 is 0. The Labute approximate surface area is 165 Å². The van der Waals surface area contributed by atoms with Gasteiger partial charge in [-0.3, -0.25) is 14.5 Å². The average molecular weight is 380 g/mol. The van der Waals surface area contributed by atoms with E-state index in [0.29, 0.717) is 30.5 Å². The lowest BCUT2D eigenvalue weighted by molar-refractivity contribution is 0.0729. The van der Waals surface area contributed by atoms with Gasteiger partial charge in [0.15, 0.2) is 0 Å². The predicted molar refractivity (Wildman–Crippen MR) is 108 cm³/mol. The van der Waals surface area contributed by atoms with Gasteiger partial charge >= 0.3 is 0 Å². The number of nitrogens with one attached hydrogen (secondary N) is 1. The second-order valence-electron chi connectivity index (χ2n) is 8.21. The maximum atomic E-state index is 13.0. The number of H-pyrrole nitrogens is 1. The normalized spacial score (nSPS) is 19.9. The topological polar surface area (TPSA) is 69.3 Å². The highest BCUT2D eigenvalue weighted by molar-refractivity contribution is 5.94. The van der Waals surface area contributed by atoms with E-state index < -0.39 is 0 Å². The first-order valence-electron chi connectivity index (χ1n) is 10.2. The molecule has 1 aromatic carbocycles. The van der Waals surface area contributed by atoms with E-state index in [9.17, 15) is 9.59 Å². The second-order valence-corrected chi connectivity index (χ2v) is 8.21. The van der Waals surface area contributed by atoms with Crippen molar-refractivity contribution >= 4 is 5.91 Å². The van der Waals surface area contributed by atoms with E-state index in [-0.39, 0.29) is 17.5 Å². The van der Waals surface area contributed by atoms with Gasteiger partial charge in [-0.25, -0.2) is 4.98 Å². The quantitative estimate of drug-likeness (QED) is 0.889. The minimum Gasteiger partial charge on any atom is -0.328 e. The van der Waals surface area contributed by atoms with Crippen LogP contribution in [0.2, 0.25) is 0 Å². The summed E-state index contributed by atoms with van der Waals surface area (Å²) in [6, 6.07) is 7.91. The third-order valence-electron chi connectivity index (χ3n) is 5.97. The van der Waals surface area contributed by atoms with Crippen LogP contribution in [0.3, 0.4) is 0 Å². The first-order valence-corrected chi connectivity index (χ1v) is 10.2. The maximum Gasteiger partial charge on any atom is 0.255 e. The number of likely N-dealkylation sites (tertiary alicyclic amines) is 1. The first-order chi connectivity index (χ1) is 13.4. The van der Waals surface area contributed by atoms with E-state index in [4.69, 9.17) is 4.98 Å². The van der Waals surface area contributed by atoms with E-state index in [2.05, 4.69) is 23.7 Å². The number of aryl methyl sites for hydroxylation is 1. The first kappa shape index (κ1) is 18.9. The molecule has 0 aliphatic carbocycles. The van der Waals surface area contributed by atoms with Gasteiger partial charge in [-0.1, -0.05) is 17.7 Å². The standard InChI is InChI=1S/C22H28N4O2/c1-14(2)25-12-10-18-17(13-25)21(27)24-20(23-18)19-5-4-11-26(19)22(28)16-8-6-15(3)7-9-16/h6-9,14,19H,4-5,10-13H2,1-3H3,(H,23,24,27)/t19-/m1/s1. The van der Waals surface area contributed by atoms with Gasteiger partial charge in [0.05, 0.1) is 17.3 Å². The van der Waals surface area contributed by atoms with Gasteiger partial charge in [0.25, 0.3) is 11.5 Å². The van der Waals surface area contributed by atoms with Gasteiger partial charge in [-0.05, 0) is 45.7 Å². The summed E-state index contributed by atoms with van der Waals surface area (Å²) in [6.07, 6.45) is 2.53. The van der Waals surface area contributed by atoms with Crippen LogP contribution in [-0.4, -0.2) is 44.8 Å². The molecule has 1 N–H and O–H groups in total. The van der Waals surface area contributed by atoms with Crippen molar-refractivity contribution in [2.24, 2.45) is 0 Å². The largest absolute Gasteiger partial charge is 0.328 e. The number of carbonyl (C=O) groups excluding carboxylic acids is 1. The van der Waals surface area contributed by atoms with Crippen molar-refractivity contribution in [2.75, 3.05) is 13.1 Å². The highest BCUT2D eigenvalue weighted by atomic mass is 16.2. The highest BCUT2D eigenvalue weighted by Gasteiger charge is 2.33. The summed E-state index contributed by atoms with van der Waals surface area (Å²) in [6.45, 7) is 8.56. The number of aromatic amines is 1. The van der Waals surface area contributed by atoms with Crippen molar-refractivity contribution in [3.8, 4) is 0 Å². The third kappa shape index (κ3) is 3.49. The molecule has 0 spiro atoms. The molecule has 0 radical (unpaired) electrons. The molecular weight excluding hydrogens is 352 g/mol. The number of hydrogen-bond donors (Lipinski definition) is 1. The lowest BCUT2D eigenvalue weighted by atomic mass is 10.0. The van der Waals surface area contributed by atoms with Crippen LogP contribution < -0.4 is 5.56 Å². The molecular formula is C22H28N4O2. The summed E-state index contributed by atoms with van der Waals surface area (Å²) in [7, 11) is 0. The molecule has 1 atom stereocenters. The highest BCUT2D eigenvalue weighted by Crippen LogP contribution is 2.31. The van der Waals surface area contributed by atoms with Crippen molar-refractivity contribution in [3.05, 3.63) is 62.8 Å². The van der Waals surface area contributed by atoms with Crippen molar-refractivity contribution in [1.82, 2.24) is 19.8 Å². The number of carbonyl (C=O) groups is 1. The number of benzene rings is 1. The minimum atomic E-state index is -0.157. The van der Waals surface area contributed by atoms with Crippen LogP contribution in [-0.2, 0) is 13.0 Å². The van der Waals surface area contributed by atoms with Crippen molar-refractivity contribution < 1.29 is 4.79 Å². The van der Waals surface area contributed by atoms with Gasteiger partial charge < -0.3 is 9.88 Å². The maximum absolute atomic E-state index is 13.0. The fourth-order valence-corrected chi connectivity index (χ4v) is 4.22. The molecule has 4 rings (SSSR count). The molecule has 1 fully saturated rings. The Hall–Kier alpha value is -2.47. The zero-order chi connectivity index (χ0) is 19.8. The summed E-state index contributed by atoms with van der Waals surface area (Å²) < 4.78 is 0. The molecule has 2 aliphatic heterocycles. The summed E-state index contributed by atoms with van der Waals surface area (Å²) in [5.74, 6) is 0.647. The van der Waals surface area contributed by atoms with Crippen molar-refractivity contribution in [1.29, 1.82) is 0 Å². The van der Waals surface area contributed by atoms with E-state index in [1.165, 1.54) is 0 Å². The minimum absolute atomic E-state index is 0.00820. The fraction of sp³-hybridized carbons (Fsp3) is 0.500. The number of aromatic nitrogens is 2. The van der Waals surface area contributed by atoms with E-state index in [0.717, 1.165) is 42.6 Å². The smallest absolute Gasteiger partial charge is 0.255 e. The van der Waals surface area contributed by atoms with E-state index in [1.807, 2.05) is 36.1 Å². The Balaban J connectivity index is 1.62.